The van der Waals surface area contributed by atoms with Crippen LogP contribution >= 0.6 is 23.5 Å². The third kappa shape index (κ3) is 5.47. The van der Waals surface area contributed by atoms with Crippen LogP contribution < -0.4 is 10.6 Å². The van der Waals surface area contributed by atoms with Gasteiger partial charge in [0.05, 0.1) is 18.1 Å². The first-order valence-corrected chi connectivity index (χ1v) is 10.6. The van der Waals surface area contributed by atoms with Crippen LogP contribution in [0.25, 0.3) is 0 Å². The van der Waals surface area contributed by atoms with Gasteiger partial charge in [-0.05, 0) is 12.1 Å². The monoisotopic (exact) mass is 407 g/mol. The molecule has 3 rings (SSSR count). The maximum absolute atomic E-state index is 12.4. The second kappa shape index (κ2) is 9.77. The molecule has 0 bridgehead atoms. The number of hydrogen-bond donors (Lipinski definition) is 2. The Morgan fingerprint density at radius 1 is 1.30 bits per heavy atom. The van der Waals surface area contributed by atoms with Crippen molar-refractivity contribution in [3.8, 4) is 0 Å². The van der Waals surface area contributed by atoms with Crippen LogP contribution in [0.1, 0.15) is 11.3 Å². The van der Waals surface area contributed by atoms with Crippen molar-refractivity contribution in [2.45, 2.75) is 22.9 Å². The van der Waals surface area contributed by atoms with E-state index in [0.29, 0.717) is 19.0 Å². The van der Waals surface area contributed by atoms with Gasteiger partial charge in [0.2, 0.25) is 11.8 Å². The van der Waals surface area contributed by atoms with E-state index in [2.05, 4.69) is 20.7 Å². The molecule has 2 aromatic heterocycles. The van der Waals surface area contributed by atoms with Crippen molar-refractivity contribution in [1.82, 2.24) is 20.1 Å². The number of carbonyl (C=O) groups excluding carboxylic acids is 2. The summed E-state index contributed by atoms with van der Waals surface area (Å²) >= 11 is 3.19. The molecule has 144 valence electrons. The number of anilines is 1. The normalized spacial score (nSPS) is 12.6. The van der Waals surface area contributed by atoms with Gasteiger partial charge in [0.1, 0.15) is 12.4 Å². The number of pyridine rings is 1. The molecule has 2 N–H and O–H groups in total. The van der Waals surface area contributed by atoms with Gasteiger partial charge in [0, 0.05) is 48.0 Å². The minimum Gasteiger partial charge on any atom is -0.383 e. The maximum Gasteiger partial charge on any atom is 0.241 e. The van der Waals surface area contributed by atoms with Gasteiger partial charge in [-0.2, -0.15) is 16.9 Å². The van der Waals surface area contributed by atoms with E-state index in [4.69, 9.17) is 4.74 Å². The van der Waals surface area contributed by atoms with E-state index < -0.39 is 0 Å². The van der Waals surface area contributed by atoms with Crippen LogP contribution in [0.4, 0.5) is 5.82 Å². The highest BCUT2D eigenvalue weighted by Crippen LogP contribution is 2.34. The number of hydrogen-bond acceptors (Lipinski definition) is 7. The first-order chi connectivity index (χ1) is 13.2. The number of thioether (sulfide) groups is 2. The second-order valence-corrected chi connectivity index (χ2v) is 7.82. The Morgan fingerprint density at radius 3 is 2.89 bits per heavy atom. The molecular weight excluding hydrogens is 386 g/mol. The van der Waals surface area contributed by atoms with Crippen LogP contribution in [0.15, 0.2) is 29.4 Å². The molecule has 0 fully saturated rings. The predicted octanol–water partition coefficient (Wildman–Crippen LogP) is 1.52. The summed E-state index contributed by atoms with van der Waals surface area (Å²) in [5.41, 5.74) is 1.94. The Bertz CT molecular complexity index is 797. The number of carbonyl (C=O) groups is 2. The number of ether oxygens (including phenoxy) is 1. The first kappa shape index (κ1) is 19.7. The lowest BCUT2D eigenvalue weighted by molar-refractivity contribution is -0.122. The summed E-state index contributed by atoms with van der Waals surface area (Å²) < 4.78 is 6.51. The van der Waals surface area contributed by atoms with E-state index in [1.54, 1.807) is 35.9 Å². The third-order valence-electron chi connectivity index (χ3n) is 3.82. The zero-order valence-electron chi connectivity index (χ0n) is 14.9. The van der Waals surface area contributed by atoms with E-state index in [1.165, 1.54) is 11.8 Å². The van der Waals surface area contributed by atoms with Gasteiger partial charge in [0.25, 0.3) is 0 Å². The number of fused-ring (bicyclic) bond motifs is 1. The highest BCUT2D eigenvalue weighted by atomic mass is 32.2. The van der Waals surface area contributed by atoms with Gasteiger partial charge in [-0.1, -0.05) is 0 Å². The minimum absolute atomic E-state index is 0.0640. The number of methoxy groups -OCH3 is 1. The molecule has 0 atom stereocenters. The van der Waals surface area contributed by atoms with Crippen molar-refractivity contribution in [2.24, 2.45) is 0 Å². The summed E-state index contributed by atoms with van der Waals surface area (Å²) in [6, 6.07) is 3.72. The Kier molecular flexibility index (Phi) is 7.13. The molecule has 0 unspecified atom stereocenters. The van der Waals surface area contributed by atoms with Gasteiger partial charge in [-0.25, -0.2) is 4.68 Å². The Morgan fingerprint density at radius 2 is 2.11 bits per heavy atom. The van der Waals surface area contributed by atoms with E-state index >= 15 is 0 Å². The molecule has 2 amide bonds. The molecule has 0 saturated carbocycles. The van der Waals surface area contributed by atoms with Crippen LogP contribution in [0.3, 0.4) is 0 Å². The second-order valence-electron chi connectivity index (χ2n) is 5.79. The molecule has 27 heavy (non-hydrogen) atoms. The van der Waals surface area contributed by atoms with Crippen molar-refractivity contribution < 1.29 is 14.3 Å². The molecule has 0 radical (unpaired) electrons. The van der Waals surface area contributed by atoms with Gasteiger partial charge in [-0.15, -0.1) is 11.8 Å². The fourth-order valence-corrected chi connectivity index (χ4v) is 4.28. The van der Waals surface area contributed by atoms with Crippen LogP contribution in [-0.4, -0.2) is 52.6 Å². The fraction of sp³-hybridized carbons (Fsp3) is 0.412. The number of nitrogens with one attached hydrogen (secondary N) is 2. The van der Waals surface area contributed by atoms with Crippen molar-refractivity contribution in [3.05, 3.63) is 35.8 Å². The van der Waals surface area contributed by atoms with Crippen LogP contribution in [0.2, 0.25) is 0 Å². The molecule has 0 aliphatic carbocycles. The van der Waals surface area contributed by atoms with E-state index in [0.717, 1.165) is 27.7 Å². The van der Waals surface area contributed by atoms with Crippen LogP contribution in [0.5, 0.6) is 0 Å². The average molecular weight is 408 g/mol. The first-order valence-electron chi connectivity index (χ1n) is 8.42. The van der Waals surface area contributed by atoms with Gasteiger partial charge >= 0.3 is 0 Å². The summed E-state index contributed by atoms with van der Waals surface area (Å²) in [5, 5.41) is 10.2. The quantitative estimate of drug-likeness (QED) is 0.480. The average Bonchev–Trinajstić information content (AvgIpc) is 3.24. The van der Waals surface area contributed by atoms with E-state index in [-0.39, 0.29) is 24.1 Å². The topological polar surface area (TPSA) is 98.1 Å². The fourth-order valence-electron chi connectivity index (χ4n) is 2.56. The van der Waals surface area contributed by atoms with Gasteiger partial charge < -0.3 is 15.4 Å². The van der Waals surface area contributed by atoms with Gasteiger partial charge in [0.15, 0.2) is 0 Å². The third-order valence-corrected chi connectivity index (χ3v) is 5.80. The summed E-state index contributed by atoms with van der Waals surface area (Å²) in [6.07, 6.45) is 3.39. The van der Waals surface area contributed by atoms with Crippen molar-refractivity contribution >= 4 is 41.2 Å². The van der Waals surface area contributed by atoms with Crippen molar-refractivity contribution in [3.63, 3.8) is 0 Å². The molecule has 2 aromatic rings. The van der Waals surface area contributed by atoms with Gasteiger partial charge in [-0.3, -0.25) is 14.6 Å². The lowest BCUT2D eigenvalue weighted by atomic mass is 10.3. The summed E-state index contributed by atoms with van der Waals surface area (Å²) in [4.78, 5) is 29.5. The zero-order chi connectivity index (χ0) is 19.1. The predicted molar refractivity (Wildman–Crippen MR) is 106 cm³/mol. The Labute approximate surface area is 165 Å². The summed E-state index contributed by atoms with van der Waals surface area (Å²) in [7, 11) is 1.58. The lowest BCUT2D eigenvalue weighted by Gasteiger charge is -2.11. The van der Waals surface area contributed by atoms with E-state index in [1.807, 2.05) is 12.1 Å². The molecule has 0 aromatic carbocycles. The molecule has 0 spiro atoms. The molecule has 8 nitrogen and oxygen atoms in total. The summed E-state index contributed by atoms with van der Waals surface area (Å²) in [5.74, 6) is 2.19. The molecule has 0 saturated heterocycles. The molecule has 10 heteroatoms. The number of rotatable bonds is 9. The number of nitrogens with zero attached hydrogens (tertiary/aromatic N) is 3. The Balaban J connectivity index is 1.63. The molecule has 1 aliphatic heterocycles. The van der Waals surface area contributed by atoms with Crippen LogP contribution in [0, 0.1) is 0 Å². The van der Waals surface area contributed by atoms with Crippen molar-refractivity contribution in [2.75, 3.05) is 31.3 Å². The zero-order valence-corrected chi connectivity index (χ0v) is 16.6. The minimum atomic E-state index is -0.164. The van der Waals surface area contributed by atoms with Crippen molar-refractivity contribution in [1.29, 1.82) is 0 Å². The standard InChI is InChI=1S/C17H21N5O3S2/c1-25-7-6-19-15(23)8-22-17(13-9-26-10-14(13)21-22)20-16(24)11-27-12-2-4-18-5-3-12/h2-5H,6-11H2,1H3,(H,19,23)(H,20,24). The SMILES string of the molecule is COCCNC(=O)Cn1nc2c(c1NC(=O)CSc1ccncc1)CSC2. The highest BCUT2D eigenvalue weighted by molar-refractivity contribution is 8.00. The number of aromatic nitrogens is 3. The maximum atomic E-state index is 12.4. The largest absolute Gasteiger partial charge is 0.383 e. The van der Waals surface area contributed by atoms with Crippen LogP contribution in [-0.2, 0) is 32.4 Å². The number of amides is 2. The molecule has 1 aliphatic rings. The van der Waals surface area contributed by atoms with E-state index in [9.17, 15) is 9.59 Å². The smallest absolute Gasteiger partial charge is 0.241 e. The molecular formula is C17H21N5O3S2. The molecule has 3 heterocycles. The summed E-state index contributed by atoms with van der Waals surface area (Å²) in [6.45, 7) is 0.957. The highest BCUT2D eigenvalue weighted by Gasteiger charge is 2.24. The Hall–Kier alpha value is -2.04. The lowest BCUT2D eigenvalue weighted by Crippen LogP contribution is -2.31.